The summed E-state index contributed by atoms with van der Waals surface area (Å²) in [5.74, 6) is 1.55. The summed E-state index contributed by atoms with van der Waals surface area (Å²) in [6.07, 6.45) is 7.98. The van der Waals surface area contributed by atoms with E-state index in [2.05, 4.69) is 36.1 Å². The van der Waals surface area contributed by atoms with E-state index in [4.69, 9.17) is 0 Å². The Morgan fingerprint density at radius 3 is 2.83 bits per heavy atom. The van der Waals surface area contributed by atoms with Crippen molar-refractivity contribution in [3.05, 3.63) is 18.6 Å². The van der Waals surface area contributed by atoms with Crippen LogP contribution in [-0.2, 0) is 0 Å². The number of hydrogen-bond donors (Lipinski definition) is 1. The van der Waals surface area contributed by atoms with Gasteiger partial charge >= 0.3 is 0 Å². The van der Waals surface area contributed by atoms with Gasteiger partial charge in [-0.15, -0.1) is 0 Å². The Morgan fingerprint density at radius 2 is 2.17 bits per heavy atom. The van der Waals surface area contributed by atoms with Gasteiger partial charge in [-0.1, -0.05) is 32.5 Å². The van der Waals surface area contributed by atoms with Gasteiger partial charge in [-0.2, -0.15) is 0 Å². The first kappa shape index (κ1) is 13.8. The van der Waals surface area contributed by atoms with Crippen molar-refractivity contribution in [2.24, 2.45) is 11.8 Å². The van der Waals surface area contributed by atoms with Crippen molar-refractivity contribution in [3.63, 3.8) is 0 Å². The molecule has 0 aliphatic heterocycles. The summed E-state index contributed by atoms with van der Waals surface area (Å²) >= 11 is 1.89. The van der Waals surface area contributed by atoms with Gasteiger partial charge in [0.05, 0.1) is 6.20 Å². The third-order valence-electron chi connectivity index (χ3n) is 3.65. The van der Waals surface area contributed by atoms with Gasteiger partial charge in [-0.25, -0.2) is 4.98 Å². The van der Waals surface area contributed by atoms with Crippen molar-refractivity contribution >= 4 is 11.8 Å². The molecule has 2 rings (SSSR count). The van der Waals surface area contributed by atoms with Crippen molar-refractivity contribution in [2.45, 2.75) is 49.9 Å². The van der Waals surface area contributed by atoms with E-state index in [-0.39, 0.29) is 0 Å². The van der Waals surface area contributed by atoms with Crippen LogP contribution in [0.25, 0.3) is 0 Å². The minimum atomic E-state index is 0.598. The highest BCUT2D eigenvalue weighted by atomic mass is 32.2. The molecule has 4 heteroatoms. The lowest BCUT2D eigenvalue weighted by molar-refractivity contribution is 0.251. The Morgan fingerprint density at radius 1 is 1.33 bits per heavy atom. The first-order valence-electron chi connectivity index (χ1n) is 6.86. The van der Waals surface area contributed by atoms with Gasteiger partial charge in [0.2, 0.25) is 0 Å². The van der Waals surface area contributed by atoms with Crippen LogP contribution in [-0.4, -0.2) is 27.8 Å². The average Bonchev–Trinajstić information content (AvgIpc) is 2.35. The van der Waals surface area contributed by atoms with Crippen LogP contribution in [0.1, 0.15) is 33.6 Å². The van der Waals surface area contributed by atoms with E-state index in [1.165, 1.54) is 12.8 Å². The van der Waals surface area contributed by atoms with Crippen LogP contribution < -0.4 is 5.32 Å². The Labute approximate surface area is 114 Å². The first-order chi connectivity index (χ1) is 8.70. The normalized spacial score (nSPS) is 32.4. The summed E-state index contributed by atoms with van der Waals surface area (Å²) in [5, 5.41) is 5.30. The summed E-state index contributed by atoms with van der Waals surface area (Å²) < 4.78 is 0. The van der Waals surface area contributed by atoms with Gasteiger partial charge in [0.25, 0.3) is 0 Å². The molecule has 0 spiro atoms. The summed E-state index contributed by atoms with van der Waals surface area (Å²) in [6.45, 7) is 7.97. The predicted molar refractivity (Wildman–Crippen MR) is 76.7 cm³/mol. The van der Waals surface area contributed by atoms with Gasteiger partial charge in [-0.05, 0) is 31.2 Å². The van der Waals surface area contributed by atoms with Crippen LogP contribution in [0.3, 0.4) is 0 Å². The second-order valence-electron chi connectivity index (χ2n) is 5.34. The Bertz CT molecular complexity index is 357. The number of nitrogens with one attached hydrogen (secondary N) is 1. The molecule has 100 valence electrons. The minimum Gasteiger partial charge on any atom is -0.313 e. The molecule has 0 bridgehead atoms. The van der Waals surface area contributed by atoms with Crippen molar-refractivity contribution in [3.8, 4) is 0 Å². The van der Waals surface area contributed by atoms with Crippen molar-refractivity contribution < 1.29 is 0 Å². The quantitative estimate of drug-likeness (QED) is 0.908. The maximum Gasteiger partial charge on any atom is 0.115 e. The maximum absolute atomic E-state index is 4.39. The SMILES string of the molecule is CCNC1CC(C)CC(C)C1Sc1cnccn1. The molecule has 3 nitrogen and oxygen atoms in total. The van der Waals surface area contributed by atoms with Crippen molar-refractivity contribution in [1.29, 1.82) is 0 Å². The fraction of sp³-hybridized carbons (Fsp3) is 0.714. The summed E-state index contributed by atoms with van der Waals surface area (Å²) in [5.41, 5.74) is 0. The average molecular weight is 265 g/mol. The van der Waals surface area contributed by atoms with Crippen LogP contribution in [0, 0.1) is 11.8 Å². The summed E-state index contributed by atoms with van der Waals surface area (Å²) in [7, 11) is 0. The number of rotatable bonds is 4. The predicted octanol–water partition coefficient (Wildman–Crippen LogP) is 2.98. The van der Waals surface area contributed by atoms with Crippen LogP contribution in [0.5, 0.6) is 0 Å². The van der Waals surface area contributed by atoms with E-state index in [1.54, 1.807) is 12.4 Å². The molecular weight excluding hydrogens is 242 g/mol. The van der Waals surface area contributed by atoms with E-state index in [0.29, 0.717) is 11.3 Å². The molecule has 1 saturated carbocycles. The van der Waals surface area contributed by atoms with Crippen molar-refractivity contribution in [2.75, 3.05) is 6.54 Å². The zero-order valence-corrected chi connectivity index (χ0v) is 12.3. The Balaban J connectivity index is 2.07. The Kier molecular flexibility index (Phi) is 5.01. The second-order valence-corrected chi connectivity index (χ2v) is 6.54. The fourth-order valence-electron chi connectivity index (χ4n) is 2.97. The van der Waals surface area contributed by atoms with Gasteiger partial charge in [0.15, 0.2) is 0 Å². The Hall–Kier alpha value is -0.610. The van der Waals surface area contributed by atoms with Crippen LogP contribution in [0.2, 0.25) is 0 Å². The van der Waals surface area contributed by atoms with E-state index in [1.807, 2.05) is 18.0 Å². The first-order valence-corrected chi connectivity index (χ1v) is 7.74. The lowest BCUT2D eigenvalue weighted by Gasteiger charge is -2.39. The summed E-state index contributed by atoms with van der Waals surface area (Å²) in [4.78, 5) is 8.55. The molecule has 1 aliphatic rings. The second kappa shape index (κ2) is 6.53. The van der Waals surface area contributed by atoms with Crippen molar-refractivity contribution in [1.82, 2.24) is 15.3 Å². The fourth-order valence-corrected chi connectivity index (χ4v) is 4.21. The molecule has 0 amide bonds. The van der Waals surface area contributed by atoms with E-state index in [0.717, 1.165) is 23.4 Å². The molecule has 0 saturated heterocycles. The van der Waals surface area contributed by atoms with Crippen LogP contribution in [0.4, 0.5) is 0 Å². The molecule has 0 aromatic carbocycles. The van der Waals surface area contributed by atoms with Gasteiger partial charge in [0, 0.05) is 23.7 Å². The molecule has 1 aliphatic carbocycles. The molecule has 1 fully saturated rings. The standard InChI is InChI=1S/C14H23N3S/c1-4-16-12-8-10(2)7-11(3)14(12)18-13-9-15-5-6-17-13/h5-6,9-12,14,16H,4,7-8H2,1-3H3. The number of thioether (sulfide) groups is 1. The molecule has 1 aromatic heterocycles. The van der Waals surface area contributed by atoms with Gasteiger partial charge < -0.3 is 5.32 Å². The molecular formula is C14H23N3S. The number of nitrogens with zero attached hydrogens (tertiary/aromatic N) is 2. The third kappa shape index (κ3) is 3.45. The zero-order chi connectivity index (χ0) is 13.0. The third-order valence-corrected chi connectivity index (χ3v) is 5.17. The minimum absolute atomic E-state index is 0.598. The topological polar surface area (TPSA) is 37.8 Å². The lowest BCUT2D eigenvalue weighted by atomic mass is 9.80. The molecule has 0 radical (unpaired) electrons. The zero-order valence-electron chi connectivity index (χ0n) is 11.5. The largest absolute Gasteiger partial charge is 0.313 e. The highest BCUT2D eigenvalue weighted by Gasteiger charge is 2.34. The van der Waals surface area contributed by atoms with E-state index < -0.39 is 0 Å². The highest BCUT2D eigenvalue weighted by molar-refractivity contribution is 7.99. The van der Waals surface area contributed by atoms with Crippen LogP contribution >= 0.6 is 11.8 Å². The molecule has 4 atom stereocenters. The molecule has 18 heavy (non-hydrogen) atoms. The lowest BCUT2D eigenvalue weighted by Crippen LogP contribution is -2.46. The highest BCUT2D eigenvalue weighted by Crippen LogP contribution is 2.38. The molecule has 1 N–H and O–H groups in total. The van der Waals surface area contributed by atoms with Gasteiger partial charge in [0.1, 0.15) is 5.03 Å². The van der Waals surface area contributed by atoms with Crippen LogP contribution in [0.15, 0.2) is 23.6 Å². The monoisotopic (exact) mass is 265 g/mol. The molecule has 1 heterocycles. The smallest absolute Gasteiger partial charge is 0.115 e. The van der Waals surface area contributed by atoms with E-state index >= 15 is 0 Å². The summed E-state index contributed by atoms with van der Waals surface area (Å²) in [6, 6.07) is 0.598. The van der Waals surface area contributed by atoms with Gasteiger partial charge in [-0.3, -0.25) is 4.98 Å². The maximum atomic E-state index is 4.39. The van der Waals surface area contributed by atoms with E-state index in [9.17, 15) is 0 Å². The molecule has 4 unspecified atom stereocenters. The number of hydrogen-bond acceptors (Lipinski definition) is 4. The molecule has 1 aromatic rings. The number of aromatic nitrogens is 2.